The first kappa shape index (κ1) is 25.1. The van der Waals surface area contributed by atoms with Crippen molar-refractivity contribution in [3.05, 3.63) is 107 Å². The molecule has 0 amide bonds. The number of nitrogens with zero attached hydrogens (tertiary/aromatic N) is 4. The van der Waals surface area contributed by atoms with Gasteiger partial charge in [-0.05, 0) is 53.6 Å². The van der Waals surface area contributed by atoms with E-state index in [0.717, 1.165) is 0 Å². The molecule has 182 valence electrons. The van der Waals surface area contributed by atoms with Crippen LogP contribution in [0.4, 0.5) is 13.2 Å². The average molecular weight is 498 g/mol. The Labute approximate surface area is 210 Å². The molecule has 0 saturated carbocycles. The van der Waals surface area contributed by atoms with Crippen LogP contribution in [-0.2, 0) is 12.6 Å². The van der Waals surface area contributed by atoms with Crippen LogP contribution in [0.15, 0.2) is 79.3 Å². The van der Waals surface area contributed by atoms with Gasteiger partial charge in [-0.15, -0.1) is 13.2 Å². The lowest BCUT2D eigenvalue weighted by Crippen LogP contribution is -2.28. The number of aromatic nitrogens is 2. The van der Waals surface area contributed by atoms with Gasteiger partial charge in [-0.2, -0.15) is 10.5 Å². The van der Waals surface area contributed by atoms with E-state index in [1.807, 2.05) is 12.1 Å². The van der Waals surface area contributed by atoms with Crippen LogP contribution in [-0.4, -0.2) is 21.0 Å². The average Bonchev–Trinajstić information content (AvgIpc) is 3.33. The van der Waals surface area contributed by atoms with Gasteiger partial charge < -0.3 is 14.4 Å². The van der Waals surface area contributed by atoms with E-state index in [1.54, 1.807) is 48.0 Å². The van der Waals surface area contributed by atoms with E-state index in [1.165, 1.54) is 42.9 Å². The zero-order valence-electron chi connectivity index (χ0n) is 19.3. The SMILES string of the molecule is Cn1cncc1C(O)(C#Cc1ccc(C#N)cc1-c1cccc(OC(F)(F)F)c1)c1ccc(C#N)cc1. The second-order valence-electron chi connectivity index (χ2n) is 7.99. The Morgan fingerprint density at radius 1 is 0.946 bits per heavy atom. The first-order valence-electron chi connectivity index (χ1n) is 10.8. The molecule has 0 radical (unpaired) electrons. The molecule has 4 aromatic rings. The topological polar surface area (TPSA) is 94.9 Å². The molecule has 1 atom stereocenters. The van der Waals surface area contributed by atoms with E-state index in [9.17, 15) is 23.5 Å². The van der Waals surface area contributed by atoms with E-state index in [0.29, 0.717) is 33.5 Å². The largest absolute Gasteiger partial charge is 0.573 e. The smallest absolute Gasteiger partial charge is 0.406 e. The Bertz CT molecular complexity index is 1600. The third kappa shape index (κ3) is 5.46. The van der Waals surface area contributed by atoms with Gasteiger partial charge in [0.1, 0.15) is 5.75 Å². The van der Waals surface area contributed by atoms with Gasteiger partial charge in [0, 0.05) is 18.2 Å². The number of hydrogen-bond acceptors (Lipinski definition) is 5. The number of ether oxygens (including phenoxy) is 1. The molecule has 0 aliphatic heterocycles. The van der Waals surface area contributed by atoms with Gasteiger partial charge in [0.2, 0.25) is 0 Å². The molecular formula is C28H17F3N4O2. The molecule has 4 rings (SSSR count). The molecule has 0 spiro atoms. The minimum absolute atomic E-state index is 0.275. The molecule has 3 aromatic carbocycles. The summed E-state index contributed by atoms with van der Waals surface area (Å²) < 4.78 is 43.9. The second kappa shape index (κ2) is 9.91. The number of aryl methyl sites for hydroxylation is 1. The summed E-state index contributed by atoms with van der Waals surface area (Å²) in [6.07, 6.45) is -1.90. The lowest BCUT2D eigenvalue weighted by molar-refractivity contribution is -0.274. The molecule has 1 heterocycles. The summed E-state index contributed by atoms with van der Waals surface area (Å²) in [5, 5.41) is 30.3. The summed E-state index contributed by atoms with van der Waals surface area (Å²) in [6.45, 7) is 0. The van der Waals surface area contributed by atoms with E-state index in [4.69, 9.17) is 5.26 Å². The lowest BCUT2D eigenvalue weighted by Gasteiger charge is -2.23. The van der Waals surface area contributed by atoms with Gasteiger partial charge in [-0.25, -0.2) is 4.98 Å². The van der Waals surface area contributed by atoms with Crippen LogP contribution in [0.1, 0.15) is 27.9 Å². The maximum Gasteiger partial charge on any atom is 0.573 e. The summed E-state index contributed by atoms with van der Waals surface area (Å²) in [4.78, 5) is 4.07. The molecule has 0 aliphatic carbocycles. The van der Waals surface area contributed by atoms with Gasteiger partial charge in [-0.1, -0.05) is 36.1 Å². The zero-order chi connectivity index (χ0) is 26.6. The number of imidazole rings is 1. The number of halogens is 3. The van der Waals surface area contributed by atoms with Crippen LogP contribution in [0.5, 0.6) is 5.75 Å². The number of hydrogen-bond donors (Lipinski definition) is 1. The fraction of sp³-hybridized carbons (Fsp3) is 0.107. The number of rotatable bonds is 4. The minimum atomic E-state index is -4.86. The quantitative estimate of drug-likeness (QED) is 0.399. The standard InChI is InChI=1S/C28H17F3N4O2/c1-35-18-34-17-26(35)27(36,23-9-6-19(15-32)7-10-23)12-11-21-8-5-20(16-33)13-25(21)22-3-2-4-24(14-22)37-28(29,30)31/h2-10,13-14,17-18,36H,1H3. The van der Waals surface area contributed by atoms with Gasteiger partial charge >= 0.3 is 6.36 Å². The summed E-state index contributed by atoms with van der Waals surface area (Å²) in [5.74, 6) is 5.39. The van der Waals surface area contributed by atoms with Crippen molar-refractivity contribution in [3.8, 4) is 40.9 Å². The predicted molar refractivity (Wildman–Crippen MR) is 128 cm³/mol. The van der Waals surface area contributed by atoms with Crippen molar-refractivity contribution in [1.29, 1.82) is 10.5 Å². The molecule has 0 aliphatic rings. The Kier molecular flexibility index (Phi) is 6.71. The van der Waals surface area contributed by atoms with E-state index >= 15 is 0 Å². The van der Waals surface area contributed by atoms with Crippen LogP contribution in [0.25, 0.3) is 11.1 Å². The fourth-order valence-electron chi connectivity index (χ4n) is 3.76. The zero-order valence-corrected chi connectivity index (χ0v) is 19.3. The highest BCUT2D eigenvalue weighted by Gasteiger charge is 2.33. The minimum Gasteiger partial charge on any atom is -0.406 e. The molecule has 1 unspecified atom stereocenters. The summed E-state index contributed by atoms with van der Waals surface area (Å²) >= 11 is 0. The highest BCUT2D eigenvalue weighted by molar-refractivity contribution is 5.74. The van der Waals surface area contributed by atoms with Crippen molar-refractivity contribution in [3.63, 3.8) is 0 Å². The second-order valence-corrected chi connectivity index (χ2v) is 7.99. The van der Waals surface area contributed by atoms with E-state index in [-0.39, 0.29) is 5.56 Å². The van der Waals surface area contributed by atoms with Crippen LogP contribution in [0.3, 0.4) is 0 Å². The van der Waals surface area contributed by atoms with Crippen LogP contribution < -0.4 is 4.74 Å². The summed E-state index contributed by atoms with van der Waals surface area (Å²) in [7, 11) is 1.69. The Hall–Kier alpha value is -5.04. The number of nitriles is 2. The van der Waals surface area contributed by atoms with Gasteiger partial charge in [0.15, 0.2) is 5.60 Å². The van der Waals surface area contributed by atoms with Crippen LogP contribution in [0.2, 0.25) is 0 Å². The van der Waals surface area contributed by atoms with Gasteiger partial charge in [0.05, 0.1) is 41.5 Å². The first-order valence-corrected chi connectivity index (χ1v) is 10.8. The van der Waals surface area contributed by atoms with Crippen molar-refractivity contribution in [1.82, 2.24) is 9.55 Å². The van der Waals surface area contributed by atoms with Crippen LogP contribution in [0, 0.1) is 34.5 Å². The van der Waals surface area contributed by atoms with Crippen molar-refractivity contribution >= 4 is 0 Å². The third-order valence-electron chi connectivity index (χ3n) is 5.52. The van der Waals surface area contributed by atoms with Crippen molar-refractivity contribution in [2.75, 3.05) is 0 Å². The van der Waals surface area contributed by atoms with E-state index in [2.05, 4.69) is 21.6 Å². The van der Waals surface area contributed by atoms with Gasteiger partial charge in [0.25, 0.3) is 0 Å². The Morgan fingerprint density at radius 2 is 1.65 bits per heavy atom. The highest BCUT2D eigenvalue weighted by Crippen LogP contribution is 2.32. The van der Waals surface area contributed by atoms with Crippen molar-refractivity contribution in [2.45, 2.75) is 12.0 Å². The molecule has 37 heavy (non-hydrogen) atoms. The summed E-state index contributed by atoms with van der Waals surface area (Å²) in [5.41, 5.74) is 0.662. The Balaban J connectivity index is 1.87. The number of benzene rings is 3. The van der Waals surface area contributed by atoms with Gasteiger partial charge in [-0.3, -0.25) is 0 Å². The van der Waals surface area contributed by atoms with Crippen LogP contribution >= 0.6 is 0 Å². The molecule has 1 N–H and O–H groups in total. The molecule has 0 fully saturated rings. The van der Waals surface area contributed by atoms with E-state index < -0.39 is 17.7 Å². The molecule has 9 heteroatoms. The molecular weight excluding hydrogens is 481 g/mol. The molecule has 1 aromatic heterocycles. The maximum absolute atomic E-state index is 12.8. The summed E-state index contributed by atoms with van der Waals surface area (Å²) in [6, 6.07) is 20.2. The predicted octanol–water partition coefficient (Wildman–Crippen LogP) is 5.02. The Morgan fingerprint density at radius 3 is 2.27 bits per heavy atom. The first-order chi connectivity index (χ1) is 17.6. The molecule has 0 bridgehead atoms. The monoisotopic (exact) mass is 498 g/mol. The third-order valence-corrected chi connectivity index (χ3v) is 5.52. The lowest BCUT2D eigenvalue weighted by atomic mass is 9.89. The van der Waals surface area contributed by atoms with Crippen molar-refractivity contribution < 1.29 is 23.0 Å². The highest BCUT2D eigenvalue weighted by atomic mass is 19.4. The molecule has 6 nitrogen and oxygen atoms in total. The van der Waals surface area contributed by atoms with Crippen molar-refractivity contribution in [2.24, 2.45) is 7.05 Å². The number of aliphatic hydroxyl groups is 1. The number of alkyl halides is 3. The molecule has 0 saturated heterocycles. The normalized spacial score (nSPS) is 12.4. The fourth-order valence-corrected chi connectivity index (χ4v) is 3.76. The maximum atomic E-state index is 12.8.